The van der Waals surface area contributed by atoms with Gasteiger partial charge in [0.05, 0.1) is 0 Å². The largest absolute Gasteiger partial charge is 0.381 e. The van der Waals surface area contributed by atoms with Gasteiger partial charge >= 0.3 is 0 Å². The minimum absolute atomic E-state index is 0.293. The van der Waals surface area contributed by atoms with E-state index in [1.54, 1.807) is 0 Å². The first-order valence-corrected chi connectivity index (χ1v) is 4.14. The summed E-state index contributed by atoms with van der Waals surface area (Å²) < 4.78 is 5.20. The van der Waals surface area contributed by atoms with Crippen LogP contribution in [-0.2, 0) is 4.74 Å². The molecule has 1 N–H and O–H groups in total. The van der Waals surface area contributed by atoms with Crippen LogP contribution in [0.5, 0.6) is 0 Å². The van der Waals surface area contributed by atoms with Crippen LogP contribution in [0.1, 0.15) is 12.8 Å². The Balaban J connectivity index is 2.32. The number of hydrogen-bond acceptors (Lipinski definition) is 3. The molecule has 1 fully saturated rings. The highest BCUT2D eigenvalue weighted by molar-refractivity contribution is 4.69. The fraction of sp³-hybridized carbons (Fsp3) is 1.00. The maximum atomic E-state index is 9.62. The molecule has 66 valence electrons. The summed E-state index contributed by atoms with van der Waals surface area (Å²) in [5, 5.41) is 9.62. The highest BCUT2D eigenvalue weighted by atomic mass is 16.5. The Morgan fingerprint density at radius 3 is 2.36 bits per heavy atom. The highest BCUT2D eigenvalue weighted by Crippen LogP contribution is 2.19. The molecule has 1 saturated heterocycles. The van der Waals surface area contributed by atoms with Crippen molar-refractivity contribution < 1.29 is 9.84 Å². The third-order valence-electron chi connectivity index (χ3n) is 2.22. The first-order valence-electron chi connectivity index (χ1n) is 4.14. The van der Waals surface area contributed by atoms with Gasteiger partial charge in [0.25, 0.3) is 0 Å². The monoisotopic (exact) mass is 159 g/mol. The molecule has 0 aliphatic carbocycles. The lowest BCUT2D eigenvalue weighted by molar-refractivity contribution is -0.0543. The van der Waals surface area contributed by atoms with Crippen LogP contribution in [-0.4, -0.2) is 43.5 Å². The second-order valence-corrected chi connectivity index (χ2v) is 3.33. The van der Waals surface area contributed by atoms with Crippen molar-refractivity contribution in [3.8, 4) is 0 Å². The molecule has 0 spiro atoms. The number of aliphatic hydroxyl groups is 1. The van der Waals surface area contributed by atoms with Gasteiger partial charge in [-0.25, -0.2) is 0 Å². The normalized spacial score (nSPS) is 24.0. The SMILES string of the molecule is CN(C)C(O)C1CCOCC1. The topological polar surface area (TPSA) is 32.7 Å². The molecule has 1 aliphatic rings. The number of nitrogens with zero attached hydrogens (tertiary/aromatic N) is 1. The van der Waals surface area contributed by atoms with E-state index in [0.717, 1.165) is 26.1 Å². The van der Waals surface area contributed by atoms with Gasteiger partial charge in [0.2, 0.25) is 0 Å². The molecule has 1 aliphatic heterocycles. The Hall–Kier alpha value is -0.120. The van der Waals surface area contributed by atoms with Crippen molar-refractivity contribution in [2.45, 2.75) is 19.1 Å². The standard InChI is InChI=1S/C8H17NO2/c1-9(2)8(10)7-3-5-11-6-4-7/h7-8,10H,3-6H2,1-2H3. The Morgan fingerprint density at radius 2 is 1.91 bits per heavy atom. The van der Waals surface area contributed by atoms with Crippen molar-refractivity contribution in [1.82, 2.24) is 4.90 Å². The summed E-state index contributed by atoms with van der Waals surface area (Å²) in [7, 11) is 3.81. The fourth-order valence-corrected chi connectivity index (χ4v) is 1.44. The maximum absolute atomic E-state index is 9.62. The molecular formula is C8H17NO2. The quantitative estimate of drug-likeness (QED) is 0.588. The zero-order valence-corrected chi connectivity index (χ0v) is 7.29. The highest BCUT2D eigenvalue weighted by Gasteiger charge is 2.22. The number of hydrogen-bond donors (Lipinski definition) is 1. The molecule has 0 amide bonds. The Bertz CT molecular complexity index is 111. The van der Waals surface area contributed by atoms with E-state index >= 15 is 0 Å². The Kier molecular flexibility index (Phi) is 3.30. The van der Waals surface area contributed by atoms with Gasteiger partial charge in [0.1, 0.15) is 6.23 Å². The van der Waals surface area contributed by atoms with Gasteiger partial charge in [-0.2, -0.15) is 0 Å². The Labute approximate surface area is 68.0 Å². The van der Waals surface area contributed by atoms with Crippen LogP contribution in [0.15, 0.2) is 0 Å². The first kappa shape index (κ1) is 8.97. The lowest BCUT2D eigenvalue weighted by Gasteiger charge is -2.30. The molecule has 1 unspecified atom stereocenters. The molecule has 0 aromatic rings. The first-order chi connectivity index (χ1) is 5.22. The molecule has 0 radical (unpaired) electrons. The van der Waals surface area contributed by atoms with Crippen molar-refractivity contribution in [1.29, 1.82) is 0 Å². The molecule has 3 heteroatoms. The van der Waals surface area contributed by atoms with Crippen LogP contribution in [0.2, 0.25) is 0 Å². The molecule has 0 aromatic heterocycles. The average molecular weight is 159 g/mol. The summed E-state index contributed by atoms with van der Waals surface area (Å²) in [6.45, 7) is 1.60. The van der Waals surface area contributed by atoms with E-state index in [0.29, 0.717) is 5.92 Å². The number of ether oxygens (including phenoxy) is 1. The summed E-state index contributed by atoms with van der Waals surface area (Å²) in [6.07, 6.45) is 1.68. The fourth-order valence-electron chi connectivity index (χ4n) is 1.44. The Morgan fingerprint density at radius 1 is 1.36 bits per heavy atom. The summed E-state index contributed by atoms with van der Waals surface area (Å²) in [6, 6.07) is 0. The number of aliphatic hydroxyl groups excluding tert-OH is 1. The van der Waals surface area contributed by atoms with E-state index in [-0.39, 0.29) is 6.23 Å². The molecule has 0 saturated carbocycles. The van der Waals surface area contributed by atoms with Gasteiger partial charge in [-0.05, 0) is 26.9 Å². The molecule has 11 heavy (non-hydrogen) atoms. The minimum Gasteiger partial charge on any atom is -0.381 e. The van der Waals surface area contributed by atoms with Crippen molar-refractivity contribution in [3.05, 3.63) is 0 Å². The molecular weight excluding hydrogens is 142 g/mol. The van der Waals surface area contributed by atoms with Crippen molar-refractivity contribution in [3.63, 3.8) is 0 Å². The van der Waals surface area contributed by atoms with E-state index < -0.39 is 0 Å². The average Bonchev–Trinajstić information content (AvgIpc) is 2.05. The molecule has 1 heterocycles. The van der Waals surface area contributed by atoms with Crippen LogP contribution >= 0.6 is 0 Å². The van der Waals surface area contributed by atoms with Gasteiger partial charge < -0.3 is 9.84 Å². The summed E-state index contributed by atoms with van der Waals surface area (Å²) in [5.74, 6) is 0.402. The van der Waals surface area contributed by atoms with Crippen LogP contribution in [0.25, 0.3) is 0 Å². The maximum Gasteiger partial charge on any atom is 0.109 e. The molecule has 0 aromatic carbocycles. The van der Waals surface area contributed by atoms with Crippen LogP contribution in [0.3, 0.4) is 0 Å². The van der Waals surface area contributed by atoms with E-state index in [1.807, 2.05) is 19.0 Å². The van der Waals surface area contributed by atoms with Crippen molar-refractivity contribution >= 4 is 0 Å². The van der Waals surface area contributed by atoms with Gasteiger partial charge in [0, 0.05) is 19.1 Å². The van der Waals surface area contributed by atoms with E-state index in [1.165, 1.54) is 0 Å². The van der Waals surface area contributed by atoms with Crippen LogP contribution in [0, 0.1) is 5.92 Å². The minimum atomic E-state index is -0.293. The zero-order chi connectivity index (χ0) is 8.27. The summed E-state index contributed by atoms with van der Waals surface area (Å²) >= 11 is 0. The predicted octanol–water partition coefficient (Wildman–Crippen LogP) is 0.293. The van der Waals surface area contributed by atoms with Crippen LogP contribution in [0.4, 0.5) is 0 Å². The van der Waals surface area contributed by atoms with Gasteiger partial charge in [0.15, 0.2) is 0 Å². The summed E-state index contributed by atoms with van der Waals surface area (Å²) in [5.41, 5.74) is 0. The summed E-state index contributed by atoms with van der Waals surface area (Å²) in [4.78, 5) is 1.86. The molecule has 3 nitrogen and oxygen atoms in total. The van der Waals surface area contributed by atoms with E-state index in [4.69, 9.17) is 4.74 Å². The lowest BCUT2D eigenvalue weighted by Crippen LogP contribution is -2.37. The van der Waals surface area contributed by atoms with Gasteiger partial charge in [-0.15, -0.1) is 0 Å². The van der Waals surface area contributed by atoms with Gasteiger partial charge in [-0.3, -0.25) is 4.90 Å². The smallest absolute Gasteiger partial charge is 0.109 e. The second-order valence-electron chi connectivity index (χ2n) is 3.33. The van der Waals surface area contributed by atoms with Crippen LogP contribution < -0.4 is 0 Å². The zero-order valence-electron chi connectivity index (χ0n) is 7.29. The van der Waals surface area contributed by atoms with Crippen molar-refractivity contribution in [2.24, 2.45) is 5.92 Å². The lowest BCUT2D eigenvalue weighted by atomic mass is 9.98. The second kappa shape index (κ2) is 4.04. The molecule has 1 rings (SSSR count). The third kappa shape index (κ3) is 2.43. The molecule has 1 atom stereocenters. The van der Waals surface area contributed by atoms with E-state index in [2.05, 4.69) is 0 Å². The number of rotatable bonds is 2. The van der Waals surface area contributed by atoms with E-state index in [9.17, 15) is 5.11 Å². The third-order valence-corrected chi connectivity index (χ3v) is 2.22. The predicted molar refractivity (Wildman–Crippen MR) is 43.2 cm³/mol. The molecule has 0 bridgehead atoms. The van der Waals surface area contributed by atoms with Crippen molar-refractivity contribution in [2.75, 3.05) is 27.3 Å². The van der Waals surface area contributed by atoms with Gasteiger partial charge in [-0.1, -0.05) is 0 Å².